The van der Waals surface area contributed by atoms with E-state index in [1.807, 2.05) is 25.2 Å². The largest absolute Gasteiger partial charge is 0.493 e. The molecule has 0 heterocycles. The number of ether oxygens (including phenoxy) is 1. The number of hydrogen-bond donors (Lipinski definition) is 1. The van der Waals surface area contributed by atoms with E-state index in [2.05, 4.69) is 68.4 Å². The Bertz CT molecular complexity index is 601. The highest BCUT2D eigenvalue weighted by atomic mass is 79.9. The van der Waals surface area contributed by atoms with Crippen LogP contribution in [0.2, 0.25) is 0 Å². The van der Waals surface area contributed by atoms with Crippen molar-refractivity contribution >= 4 is 31.9 Å². The van der Waals surface area contributed by atoms with Crippen molar-refractivity contribution in [2.24, 2.45) is 0 Å². The summed E-state index contributed by atoms with van der Waals surface area (Å²) in [6, 6.07) is 14.5. The summed E-state index contributed by atoms with van der Waals surface area (Å²) < 4.78 is 8.02. The number of para-hydroxylation sites is 1. The normalized spacial score (nSPS) is 12.2. The molecule has 0 aromatic heterocycles. The van der Waals surface area contributed by atoms with Crippen LogP contribution in [0.4, 0.5) is 0 Å². The lowest BCUT2D eigenvalue weighted by molar-refractivity contribution is 0.312. The van der Waals surface area contributed by atoms with Gasteiger partial charge in [-0.3, -0.25) is 0 Å². The molecular weight excluding hydrogens is 394 g/mol. The highest BCUT2D eigenvalue weighted by Gasteiger charge is 2.18. The second-order valence-electron chi connectivity index (χ2n) is 4.77. The molecule has 2 aromatic carbocycles. The summed E-state index contributed by atoms with van der Waals surface area (Å²) in [6.07, 6.45) is 1.00. The van der Waals surface area contributed by atoms with E-state index in [0.29, 0.717) is 0 Å². The van der Waals surface area contributed by atoms with E-state index in [4.69, 9.17) is 4.74 Å². The van der Waals surface area contributed by atoms with Crippen LogP contribution >= 0.6 is 31.9 Å². The number of hydrogen-bond acceptors (Lipinski definition) is 2. The first-order chi connectivity index (χ1) is 10.2. The number of benzene rings is 2. The third-order valence-corrected chi connectivity index (χ3v) is 4.43. The number of halogens is 2. The lowest BCUT2D eigenvalue weighted by Gasteiger charge is -2.22. The first-order valence-corrected chi connectivity index (χ1v) is 8.60. The molecule has 2 rings (SSSR count). The van der Waals surface area contributed by atoms with Crippen LogP contribution in [0.25, 0.3) is 0 Å². The fourth-order valence-electron chi connectivity index (χ4n) is 2.28. The van der Waals surface area contributed by atoms with Gasteiger partial charge in [-0.2, -0.15) is 0 Å². The third kappa shape index (κ3) is 4.09. The Labute approximate surface area is 143 Å². The molecule has 0 saturated carbocycles. The highest BCUT2D eigenvalue weighted by molar-refractivity contribution is 9.11. The Hall–Kier alpha value is -0.840. The van der Waals surface area contributed by atoms with Crippen molar-refractivity contribution < 1.29 is 4.74 Å². The molecule has 0 aliphatic rings. The zero-order valence-electron chi connectivity index (χ0n) is 12.2. The van der Waals surface area contributed by atoms with E-state index in [0.717, 1.165) is 33.3 Å². The van der Waals surface area contributed by atoms with Crippen molar-refractivity contribution in [2.75, 3.05) is 13.7 Å². The van der Waals surface area contributed by atoms with E-state index in [9.17, 15) is 0 Å². The summed E-state index contributed by atoms with van der Waals surface area (Å²) in [5.74, 6) is 0.938. The third-order valence-electron chi connectivity index (χ3n) is 3.25. The first kappa shape index (κ1) is 16.5. The second kappa shape index (κ2) is 7.97. The first-order valence-electron chi connectivity index (χ1n) is 7.01. The molecule has 2 aromatic rings. The molecule has 21 heavy (non-hydrogen) atoms. The molecule has 0 aliphatic heterocycles. The smallest absolute Gasteiger partial charge is 0.124 e. The predicted octanol–water partition coefficient (Wildman–Crippen LogP) is 5.31. The van der Waals surface area contributed by atoms with Gasteiger partial charge < -0.3 is 10.1 Å². The summed E-state index contributed by atoms with van der Waals surface area (Å²) in [4.78, 5) is 0. The molecule has 1 N–H and O–H groups in total. The van der Waals surface area contributed by atoms with Gasteiger partial charge >= 0.3 is 0 Å². The maximum atomic E-state index is 5.89. The average Bonchev–Trinajstić information content (AvgIpc) is 2.49. The van der Waals surface area contributed by atoms with Crippen molar-refractivity contribution in [3.05, 3.63) is 62.5 Å². The van der Waals surface area contributed by atoms with E-state index in [-0.39, 0.29) is 6.04 Å². The number of rotatable bonds is 6. The Morgan fingerprint density at radius 1 is 1.10 bits per heavy atom. The van der Waals surface area contributed by atoms with Crippen LogP contribution in [0.1, 0.15) is 30.5 Å². The molecule has 2 nitrogen and oxygen atoms in total. The van der Waals surface area contributed by atoms with Gasteiger partial charge in [0.1, 0.15) is 5.75 Å². The second-order valence-corrected chi connectivity index (χ2v) is 6.54. The summed E-state index contributed by atoms with van der Waals surface area (Å²) >= 11 is 7.15. The molecule has 1 unspecified atom stereocenters. The summed E-state index contributed by atoms with van der Waals surface area (Å²) in [7, 11) is 1.97. The number of nitrogens with one attached hydrogen (secondary N) is 1. The zero-order valence-corrected chi connectivity index (χ0v) is 15.4. The molecule has 0 spiro atoms. The minimum absolute atomic E-state index is 0.0838. The summed E-state index contributed by atoms with van der Waals surface area (Å²) in [5, 5.41) is 3.39. The topological polar surface area (TPSA) is 21.3 Å². The van der Waals surface area contributed by atoms with Gasteiger partial charge in [0.05, 0.1) is 12.6 Å². The molecule has 0 amide bonds. The van der Waals surface area contributed by atoms with Crippen LogP contribution in [0.3, 0.4) is 0 Å². The predicted molar refractivity (Wildman–Crippen MR) is 95.0 cm³/mol. The Kier molecular flexibility index (Phi) is 6.27. The maximum Gasteiger partial charge on any atom is 0.124 e. The average molecular weight is 413 g/mol. The van der Waals surface area contributed by atoms with Crippen molar-refractivity contribution in [2.45, 2.75) is 19.4 Å². The molecule has 0 aliphatic carbocycles. The van der Waals surface area contributed by atoms with Crippen LogP contribution in [0.5, 0.6) is 5.75 Å². The molecule has 0 radical (unpaired) electrons. The molecule has 0 bridgehead atoms. The van der Waals surface area contributed by atoms with Gasteiger partial charge in [-0.1, -0.05) is 63.0 Å². The lowest BCUT2D eigenvalue weighted by Crippen LogP contribution is -2.19. The van der Waals surface area contributed by atoms with Crippen molar-refractivity contribution in [3.8, 4) is 5.75 Å². The lowest BCUT2D eigenvalue weighted by atomic mass is 9.98. The van der Waals surface area contributed by atoms with Crippen LogP contribution in [0, 0.1) is 0 Å². The standard InChI is InChI=1S/C17H19Br2NO/c1-3-10-21-16-7-5-4-6-14(16)17(20-2)13-9-8-12(18)11-15(13)19/h4-9,11,17,20H,3,10H2,1-2H3. The van der Waals surface area contributed by atoms with E-state index in [1.54, 1.807) is 0 Å². The van der Waals surface area contributed by atoms with Crippen molar-refractivity contribution in [3.63, 3.8) is 0 Å². The zero-order chi connectivity index (χ0) is 15.2. The quantitative estimate of drug-likeness (QED) is 0.694. The molecule has 1 atom stereocenters. The van der Waals surface area contributed by atoms with Crippen molar-refractivity contribution in [1.29, 1.82) is 0 Å². The SMILES string of the molecule is CCCOc1ccccc1C(NC)c1ccc(Br)cc1Br. The molecular formula is C17H19Br2NO. The van der Waals surface area contributed by atoms with Crippen molar-refractivity contribution in [1.82, 2.24) is 5.32 Å². The van der Waals surface area contributed by atoms with Gasteiger partial charge in [-0.25, -0.2) is 0 Å². The molecule has 112 valence electrons. The van der Waals surface area contributed by atoms with Gasteiger partial charge in [-0.15, -0.1) is 0 Å². The van der Waals surface area contributed by atoms with Gasteiger partial charge in [-0.05, 0) is 37.2 Å². The summed E-state index contributed by atoms with van der Waals surface area (Å²) in [6.45, 7) is 2.85. The van der Waals surface area contributed by atoms with Crippen LogP contribution in [0.15, 0.2) is 51.4 Å². The minimum Gasteiger partial charge on any atom is -0.493 e. The van der Waals surface area contributed by atoms with E-state index < -0.39 is 0 Å². The van der Waals surface area contributed by atoms with Gasteiger partial charge in [0.15, 0.2) is 0 Å². The fraction of sp³-hybridized carbons (Fsp3) is 0.294. The van der Waals surface area contributed by atoms with Crippen LogP contribution < -0.4 is 10.1 Å². The Morgan fingerprint density at radius 3 is 2.52 bits per heavy atom. The van der Waals surface area contributed by atoms with Gasteiger partial charge in [0.2, 0.25) is 0 Å². The molecule has 4 heteroatoms. The molecule has 0 fully saturated rings. The van der Waals surface area contributed by atoms with Crippen LogP contribution in [-0.2, 0) is 0 Å². The van der Waals surface area contributed by atoms with Gasteiger partial charge in [0, 0.05) is 14.5 Å². The minimum atomic E-state index is 0.0838. The molecule has 0 saturated heterocycles. The monoisotopic (exact) mass is 411 g/mol. The van der Waals surface area contributed by atoms with E-state index >= 15 is 0 Å². The fourth-order valence-corrected chi connectivity index (χ4v) is 3.55. The summed E-state index contributed by atoms with van der Waals surface area (Å²) in [5.41, 5.74) is 2.34. The van der Waals surface area contributed by atoms with Crippen LogP contribution in [-0.4, -0.2) is 13.7 Å². The highest BCUT2D eigenvalue weighted by Crippen LogP contribution is 2.34. The Balaban J connectivity index is 2.41. The van der Waals surface area contributed by atoms with E-state index in [1.165, 1.54) is 5.56 Å². The maximum absolute atomic E-state index is 5.89. The van der Waals surface area contributed by atoms with Gasteiger partial charge in [0.25, 0.3) is 0 Å². The Morgan fingerprint density at radius 2 is 1.86 bits per heavy atom.